The molecule has 3 fully saturated rings. The zero-order valence-corrected chi connectivity index (χ0v) is 13.3. The second kappa shape index (κ2) is 4.33. The molecule has 0 aromatic carbocycles. The molecule has 0 spiro atoms. The molecule has 22 heavy (non-hydrogen) atoms. The van der Waals surface area contributed by atoms with Crippen LogP contribution in [-0.2, 0) is 0 Å². The first kappa shape index (κ1) is 13.1. The Balaban J connectivity index is 1.58. The van der Waals surface area contributed by atoms with E-state index < -0.39 is 0 Å². The lowest BCUT2D eigenvalue weighted by Gasteiger charge is -2.31. The van der Waals surface area contributed by atoms with Gasteiger partial charge in [-0.1, -0.05) is 0 Å². The lowest BCUT2D eigenvalue weighted by molar-refractivity contribution is 0.101. The monoisotopic (exact) mass is 296 g/mol. The Hall–Kier alpha value is -1.38. The van der Waals surface area contributed by atoms with E-state index in [4.69, 9.17) is 4.98 Å². The Labute approximate surface area is 131 Å². The van der Waals surface area contributed by atoms with E-state index in [1.807, 2.05) is 6.20 Å². The van der Waals surface area contributed by atoms with Gasteiger partial charge in [-0.05, 0) is 81.6 Å². The summed E-state index contributed by atoms with van der Waals surface area (Å²) in [5.74, 6) is 3.50. The van der Waals surface area contributed by atoms with E-state index in [1.54, 1.807) is 6.92 Å². The van der Waals surface area contributed by atoms with Gasteiger partial charge in [-0.2, -0.15) is 0 Å². The lowest BCUT2D eigenvalue weighted by Crippen LogP contribution is -2.34. The number of ketones is 1. The van der Waals surface area contributed by atoms with Crippen molar-refractivity contribution in [3.05, 3.63) is 22.9 Å². The number of nitrogens with zero attached hydrogens (tertiary/aromatic N) is 1. The summed E-state index contributed by atoms with van der Waals surface area (Å²) in [6, 6.07) is 0. The maximum absolute atomic E-state index is 12.0. The molecule has 3 nitrogen and oxygen atoms in total. The third kappa shape index (κ3) is 1.68. The van der Waals surface area contributed by atoms with Gasteiger partial charge in [0, 0.05) is 22.9 Å². The fraction of sp³-hybridized carbons (Fsp3) is 0.684. The summed E-state index contributed by atoms with van der Waals surface area (Å²) in [5.41, 5.74) is 3.96. The highest BCUT2D eigenvalue weighted by molar-refractivity contribution is 5.96. The Bertz CT molecular complexity index is 658. The average molecular weight is 296 g/mol. The number of Topliss-reactive ketones (excluding diaryl/α,β-unsaturated/α-hetero) is 1. The van der Waals surface area contributed by atoms with Crippen LogP contribution in [-0.4, -0.2) is 16.3 Å². The maximum Gasteiger partial charge on any atom is 0.161 e. The summed E-state index contributed by atoms with van der Waals surface area (Å²) in [4.78, 5) is 16.7. The summed E-state index contributed by atoms with van der Waals surface area (Å²) in [6.07, 6.45) is 12.3. The Morgan fingerprint density at radius 1 is 1.18 bits per heavy atom. The third-order valence-electron chi connectivity index (χ3n) is 6.91. The van der Waals surface area contributed by atoms with Gasteiger partial charge in [-0.3, -0.25) is 4.79 Å². The fourth-order valence-electron chi connectivity index (χ4n) is 5.90. The minimum absolute atomic E-state index is 0.183. The number of fused-ring (bicyclic) bond motifs is 7. The summed E-state index contributed by atoms with van der Waals surface area (Å²) < 4.78 is 0. The van der Waals surface area contributed by atoms with Crippen molar-refractivity contribution in [1.29, 1.82) is 0 Å². The number of carbonyl (C=O) groups is 1. The van der Waals surface area contributed by atoms with Gasteiger partial charge in [0.05, 0.1) is 0 Å². The van der Waals surface area contributed by atoms with Crippen LogP contribution in [0.5, 0.6) is 0 Å². The van der Waals surface area contributed by atoms with E-state index >= 15 is 0 Å². The number of rotatable bonds is 3. The van der Waals surface area contributed by atoms with E-state index in [-0.39, 0.29) is 5.78 Å². The van der Waals surface area contributed by atoms with Crippen molar-refractivity contribution in [2.45, 2.75) is 75.7 Å². The van der Waals surface area contributed by atoms with Crippen molar-refractivity contribution in [2.75, 3.05) is 5.32 Å². The van der Waals surface area contributed by atoms with Gasteiger partial charge < -0.3 is 5.32 Å². The first-order chi connectivity index (χ1) is 10.7. The highest BCUT2D eigenvalue weighted by Gasteiger charge is 2.47. The summed E-state index contributed by atoms with van der Waals surface area (Å²) in [6.45, 7) is 1.69. The summed E-state index contributed by atoms with van der Waals surface area (Å²) >= 11 is 0. The molecule has 0 radical (unpaired) electrons. The van der Waals surface area contributed by atoms with Crippen molar-refractivity contribution in [3.63, 3.8) is 0 Å². The molecular formula is C19H24N2O. The average Bonchev–Trinajstić information content (AvgIpc) is 3.27. The molecule has 1 N–H and O–H groups in total. The largest absolute Gasteiger partial charge is 0.364 e. The SMILES string of the molecule is CC(=O)c1cnc(NC23CCC(CC2)C3)c2c1C1CCC2C1. The van der Waals surface area contributed by atoms with Crippen LogP contribution < -0.4 is 5.32 Å². The van der Waals surface area contributed by atoms with E-state index in [0.29, 0.717) is 17.4 Å². The number of aromatic nitrogens is 1. The normalized spacial score (nSPS) is 37.6. The zero-order valence-electron chi connectivity index (χ0n) is 13.3. The van der Waals surface area contributed by atoms with Gasteiger partial charge in [0.2, 0.25) is 0 Å². The molecule has 116 valence electrons. The van der Waals surface area contributed by atoms with Crippen LogP contribution in [0.2, 0.25) is 0 Å². The predicted molar refractivity (Wildman–Crippen MR) is 86.5 cm³/mol. The number of hydrogen-bond donors (Lipinski definition) is 1. The molecule has 0 aliphatic heterocycles. The molecule has 3 heteroatoms. The smallest absolute Gasteiger partial charge is 0.161 e. The molecule has 0 amide bonds. The first-order valence-electron chi connectivity index (χ1n) is 8.97. The number of nitrogens with one attached hydrogen (secondary N) is 1. The summed E-state index contributed by atoms with van der Waals surface area (Å²) in [5, 5.41) is 3.87. The van der Waals surface area contributed by atoms with Crippen molar-refractivity contribution in [3.8, 4) is 0 Å². The number of pyridine rings is 1. The minimum Gasteiger partial charge on any atom is -0.364 e. The minimum atomic E-state index is 0.183. The topological polar surface area (TPSA) is 42.0 Å². The van der Waals surface area contributed by atoms with E-state index in [9.17, 15) is 4.79 Å². The Kier molecular flexibility index (Phi) is 2.58. The first-order valence-corrected chi connectivity index (χ1v) is 8.97. The molecule has 2 unspecified atom stereocenters. The third-order valence-corrected chi connectivity index (χ3v) is 6.91. The number of anilines is 1. The van der Waals surface area contributed by atoms with E-state index in [2.05, 4.69) is 5.32 Å². The molecule has 1 aromatic heterocycles. The van der Waals surface area contributed by atoms with Gasteiger partial charge in [0.25, 0.3) is 0 Å². The molecule has 5 rings (SSSR count). The predicted octanol–water partition coefficient (Wildman–Crippen LogP) is 4.39. The standard InChI is InChI=1S/C19H24N2O/c1-11(22)15-10-20-18(17-14-3-2-13(8-14)16(15)17)21-19-6-4-12(9-19)5-7-19/h10,12-14H,2-9H2,1H3,(H,20,21). The molecule has 3 saturated carbocycles. The van der Waals surface area contributed by atoms with Crippen LogP contribution in [0.15, 0.2) is 6.20 Å². The van der Waals surface area contributed by atoms with Crippen molar-refractivity contribution in [2.24, 2.45) is 5.92 Å². The van der Waals surface area contributed by atoms with Gasteiger partial charge in [-0.15, -0.1) is 0 Å². The molecule has 2 atom stereocenters. The van der Waals surface area contributed by atoms with Crippen molar-refractivity contribution >= 4 is 11.6 Å². The molecule has 4 aliphatic rings. The molecule has 1 aromatic rings. The maximum atomic E-state index is 12.0. The van der Waals surface area contributed by atoms with Crippen LogP contribution in [0, 0.1) is 5.92 Å². The van der Waals surface area contributed by atoms with E-state index in [1.165, 1.54) is 62.5 Å². The molecule has 4 aliphatic carbocycles. The number of hydrogen-bond acceptors (Lipinski definition) is 3. The molecule has 0 saturated heterocycles. The lowest BCUT2D eigenvalue weighted by atomic mass is 9.87. The van der Waals surface area contributed by atoms with E-state index in [0.717, 1.165) is 17.3 Å². The van der Waals surface area contributed by atoms with Crippen LogP contribution >= 0.6 is 0 Å². The summed E-state index contributed by atoms with van der Waals surface area (Å²) in [7, 11) is 0. The van der Waals surface area contributed by atoms with Gasteiger partial charge in [0.15, 0.2) is 5.78 Å². The van der Waals surface area contributed by atoms with Gasteiger partial charge in [0.1, 0.15) is 5.82 Å². The van der Waals surface area contributed by atoms with Gasteiger partial charge in [-0.25, -0.2) is 4.98 Å². The van der Waals surface area contributed by atoms with Crippen LogP contribution in [0.25, 0.3) is 0 Å². The van der Waals surface area contributed by atoms with Crippen molar-refractivity contribution < 1.29 is 4.79 Å². The number of carbonyl (C=O) groups excluding carboxylic acids is 1. The van der Waals surface area contributed by atoms with Crippen molar-refractivity contribution in [1.82, 2.24) is 4.98 Å². The highest BCUT2D eigenvalue weighted by Crippen LogP contribution is 2.57. The van der Waals surface area contributed by atoms with Gasteiger partial charge >= 0.3 is 0 Å². The highest BCUT2D eigenvalue weighted by atomic mass is 16.1. The van der Waals surface area contributed by atoms with Crippen LogP contribution in [0.1, 0.15) is 91.6 Å². The zero-order chi connectivity index (χ0) is 14.9. The van der Waals surface area contributed by atoms with Crippen LogP contribution in [0.4, 0.5) is 5.82 Å². The second-order valence-electron chi connectivity index (χ2n) is 8.16. The Morgan fingerprint density at radius 3 is 2.55 bits per heavy atom. The quantitative estimate of drug-likeness (QED) is 0.841. The fourth-order valence-corrected chi connectivity index (χ4v) is 5.90. The molecular weight excluding hydrogens is 272 g/mol. The molecule has 4 bridgehead atoms. The Morgan fingerprint density at radius 2 is 1.91 bits per heavy atom. The van der Waals surface area contributed by atoms with Crippen LogP contribution in [0.3, 0.4) is 0 Å². The second-order valence-corrected chi connectivity index (χ2v) is 8.16. The molecule has 1 heterocycles.